The number of nitrogens with zero attached hydrogens (tertiary/aromatic N) is 1. The third kappa shape index (κ3) is 6.17. The van der Waals surface area contributed by atoms with Crippen LogP contribution in [0.1, 0.15) is 73.6 Å². The monoisotopic (exact) mass is 687 g/mol. The minimum Gasteiger partial charge on any atom is -0.490 e. The molecule has 6 rings (SSSR count). The quantitative estimate of drug-likeness (QED) is 0.212. The van der Waals surface area contributed by atoms with Crippen molar-refractivity contribution in [2.45, 2.75) is 71.3 Å². The smallest absolute Gasteiger partial charge is 0.174 e. The lowest BCUT2D eigenvalue weighted by Gasteiger charge is -2.44. The van der Waals surface area contributed by atoms with Crippen molar-refractivity contribution in [3.05, 3.63) is 115 Å². The second-order valence-corrected chi connectivity index (χ2v) is 12.8. The number of hydrogen-bond acceptors (Lipinski definition) is 5. The minimum atomic E-state index is -0.378. The molecule has 1 aliphatic heterocycles. The number of carbonyl (C=O) groups excluding carboxylic acids is 2. The lowest BCUT2D eigenvalue weighted by Crippen LogP contribution is -2.40. The van der Waals surface area contributed by atoms with E-state index in [2.05, 4.69) is 82.9 Å². The molecule has 0 spiro atoms. The number of ketones is 2. The maximum Gasteiger partial charge on any atom is 0.174 e. The first kappa shape index (κ1) is 29.7. The molecule has 3 aliphatic rings. The van der Waals surface area contributed by atoms with E-state index in [4.69, 9.17) is 9.47 Å². The molecular weight excluding hydrogens is 649 g/mol. The van der Waals surface area contributed by atoms with Crippen molar-refractivity contribution in [1.82, 2.24) is 4.90 Å². The third-order valence-electron chi connectivity index (χ3n) is 8.68. The Hall–Kier alpha value is -3.39. The summed E-state index contributed by atoms with van der Waals surface area (Å²) in [5, 5.41) is 0. The molecule has 222 valence electrons. The number of carbonyl (C=O) groups is 2. The van der Waals surface area contributed by atoms with E-state index in [9.17, 15) is 9.59 Å². The second-order valence-electron chi connectivity index (χ2n) is 11.6. The zero-order valence-electron chi connectivity index (χ0n) is 25.0. The van der Waals surface area contributed by atoms with Gasteiger partial charge in [0.15, 0.2) is 23.1 Å². The number of aryl methyl sites for hydroxylation is 1. The fraction of sp³-hybridized carbons (Fsp3) is 0.351. The van der Waals surface area contributed by atoms with Gasteiger partial charge in [-0.05, 0) is 97.4 Å². The van der Waals surface area contributed by atoms with Gasteiger partial charge in [0, 0.05) is 47.8 Å². The van der Waals surface area contributed by atoms with E-state index < -0.39 is 0 Å². The lowest BCUT2D eigenvalue weighted by molar-refractivity contribution is -0.117. The molecule has 3 aromatic rings. The highest BCUT2D eigenvalue weighted by Crippen LogP contribution is 2.50. The van der Waals surface area contributed by atoms with Crippen molar-refractivity contribution < 1.29 is 19.1 Å². The van der Waals surface area contributed by atoms with Gasteiger partial charge in [0.05, 0.1) is 10.2 Å². The molecule has 1 heterocycles. The van der Waals surface area contributed by atoms with Crippen molar-refractivity contribution in [1.29, 1.82) is 0 Å². The van der Waals surface area contributed by atoms with E-state index in [0.717, 1.165) is 75.9 Å². The molecule has 0 N–H and O–H groups in total. The normalized spacial score (nSPS) is 17.2. The summed E-state index contributed by atoms with van der Waals surface area (Å²) in [5.74, 6) is 1.29. The number of hydrogen-bond donors (Lipinski definition) is 0. The summed E-state index contributed by atoms with van der Waals surface area (Å²) < 4.78 is 13.4. The first-order valence-corrected chi connectivity index (χ1v) is 16.5. The summed E-state index contributed by atoms with van der Waals surface area (Å²) in [6.45, 7) is 5.72. The molecule has 0 amide bonds. The molecule has 5 nitrogen and oxygen atoms in total. The Morgan fingerprint density at radius 2 is 1.49 bits per heavy atom. The molecule has 0 aromatic heterocycles. The molecule has 0 bridgehead atoms. The second kappa shape index (κ2) is 13.1. The number of rotatable bonds is 9. The van der Waals surface area contributed by atoms with E-state index in [0.29, 0.717) is 37.6 Å². The van der Waals surface area contributed by atoms with Gasteiger partial charge in [-0.15, -0.1) is 0 Å². The van der Waals surface area contributed by atoms with E-state index in [1.165, 1.54) is 11.1 Å². The summed E-state index contributed by atoms with van der Waals surface area (Å²) in [6, 6.07) is 22.9. The van der Waals surface area contributed by atoms with Crippen molar-refractivity contribution in [2.24, 2.45) is 0 Å². The summed E-state index contributed by atoms with van der Waals surface area (Å²) in [4.78, 5) is 29.9. The number of halogens is 1. The number of benzene rings is 3. The molecule has 6 heteroatoms. The summed E-state index contributed by atoms with van der Waals surface area (Å²) >= 11 is 2.31. The van der Waals surface area contributed by atoms with Crippen LogP contribution in [0.3, 0.4) is 0 Å². The van der Waals surface area contributed by atoms with Crippen LogP contribution in [0.2, 0.25) is 0 Å². The summed E-state index contributed by atoms with van der Waals surface area (Å²) in [7, 11) is 0. The van der Waals surface area contributed by atoms with E-state index >= 15 is 0 Å². The van der Waals surface area contributed by atoms with Crippen LogP contribution in [0.5, 0.6) is 11.5 Å². The fourth-order valence-corrected chi connectivity index (χ4v) is 7.60. The molecule has 0 saturated carbocycles. The van der Waals surface area contributed by atoms with Crippen LogP contribution in [0, 0.1) is 10.5 Å². The van der Waals surface area contributed by atoms with Crippen LogP contribution in [0.15, 0.2) is 89.3 Å². The average Bonchev–Trinajstić information content (AvgIpc) is 3.00. The largest absolute Gasteiger partial charge is 0.490 e. The number of allylic oxidation sites excluding steroid dienone is 4. The Morgan fingerprint density at radius 3 is 2.14 bits per heavy atom. The molecule has 0 unspecified atom stereocenters. The van der Waals surface area contributed by atoms with Gasteiger partial charge in [0.25, 0.3) is 0 Å². The Balaban J connectivity index is 1.42. The van der Waals surface area contributed by atoms with E-state index in [-0.39, 0.29) is 17.5 Å². The minimum absolute atomic E-state index is 0.161. The van der Waals surface area contributed by atoms with Crippen molar-refractivity contribution in [2.75, 3.05) is 13.2 Å². The maximum atomic E-state index is 13.8. The van der Waals surface area contributed by atoms with Gasteiger partial charge in [0.1, 0.15) is 6.61 Å². The SMILES string of the molecule is CCOc1cc(C2C3=C(CCCC3=O)N(CCc3ccccc3)C3=C2C(=O)CCC3)cc(I)c1OCc1cccc(C)c1. The van der Waals surface area contributed by atoms with Crippen LogP contribution < -0.4 is 9.47 Å². The Morgan fingerprint density at radius 1 is 0.814 bits per heavy atom. The highest BCUT2D eigenvalue weighted by Gasteiger charge is 2.43. The predicted molar refractivity (Wildman–Crippen MR) is 177 cm³/mol. The van der Waals surface area contributed by atoms with Crippen LogP contribution in [0.25, 0.3) is 0 Å². The van der Waals surface area contributed by atoms with Crippen LogP contribution >= 0.6 is 22.6 Å². The fourth-order valence-electron chi connectivity index (χ4n) is 6.82. The van der Waals surface area contributed by atoms with Crippen LogP contribution in [-0.2, 0) is 22.6 Å². The Labute approximate surface area is 268 Å². The predicted octanol–water partition coefficient (Wildman–Crippen LogP) is 8.23. The molecule has 0 saturated heterocycles. The third-order valence-corrected chi connectivity index (χ3v) is 9.49. The molecule has 0 atom stereocenters. The average molecular weight is 688 g/mol. The molecule has 0 radical (unpaired) electrons. The van der Waals surface area contributed by atoms with E-state index in [1.807, 2.05) is 25.1 Å². The van der Waals surface area contributed by atoms with Crippen molar-refractivity contribution in [3.8, 4) is 11.5 Å². The first-order valence-electron chi connectivity index (χ1n) is 15.4. The van der Waals surface area contributed by atoms with Crippen molar-refractivity contribution >= 4 is 34.2 Å². The highest BCUT2D eigenvalue weighted by atomic mass is 127. The van der Waals surface area contributed by atoms with Crippen LogP contribution in [-0.4, -0.2) is 29.6 Å². The molecular formula is C37H38INO4. The van der Waals surface area contributed by atoms with Gasteiger partial charge in [0.2, 0.25) is 0 Å². The topological polar surface area (TPSA) is 55.8 Å². The molecule has 3 aromatic carbocycles. The zero-order chi connectivity index (χ0) is 29.9. The van der Waals surface area contributed by atoms with Gasteiger partial charge in [-0.3, -0.25) is 9.59 Å². The molecule has 43 heavy (non-hydrogen) atoms. The van der Waals surface area contributed by atoms with Crippen LogP contribution in [0.4, 0.5) is 0 Å². The maximum absolute atomic E-state index is 13.8. The molecule has 0 fully saturated rings. The van der Waals surface area contributed by atoms with Gasteiger partial charge in [-0.1, -0.05) is 60.2 Å². The molecule has 2 aliphatic carbocycles. The van der Waals surface area contributed by atoms with E-state index in [1.54, 1.807) is 0 Å². The number of Topliss-reactive ketones (excluding diaryl/α,β-unsaturated/α-hetero) is 2. The summed E-state index contributed by atoms with van der Waals surface area (Å²) in [6.07, 6.45) is 5.29. The van der Waals surface area contributed by atoms with Gasteiger partial charge in [-0.2, -0.15) is 0 Å². The highest BCUT2D eigenvalue weighted by molar-refractivity contribution is 14.1. The number of ether oxygens (including phenoxy) is 2. The summed E-state index contributed by atoms with van der Waals surface area (Å²) in [5.41, 5.74) is 8.31. The van der Waals surface area contributed by atoms with Gasteiger partial charge >= 0.3 is 0 Å². The first-order chi connectivity index (χ1) is 20.9. The Kier molecular flexibility index (Phi) is 9.03. The van der Waals surface area contributed by atoms with Gasteiger partial charge < -0.3 is 14.4 Å². The Bertz CT molecular complexity index is 1560. The standard InChI is InChI=1S/C37H38INO4/c1-3-42-33-22-27(21-28(38)37(33)43-23-26-13-7-10-24(2)20-26)34-35-29(14-8-16-31(35)40)39(19-18-25-11-5-4-6-12-25)30-15-9-17-32(41)36(30)34/h4-7,10-13,20-22,34H,3,8-9,14-19,23H2,1-2H3. The zero-order valence-corrected chi connectivity index (χ0v) is 27.1. The lowest BCUT2D eigenvalue weighted by atomic mass is 9.71. The van der Waals surface area contributed by atoms with Gasteiger partial charge in [-0.25, -0.2) is 0 Å². The van der Waals surface area contributed by atoms with Crippen molar-refractivity contribution in [3.63, 3.8) is 0 Å².